The van der Waals surface area contributed by atoms with E-state index in [-0.39, 0.29) is 47.8 Å². The molecule has 0 spiro atoms. The number of amides is 2. The molecule has 3 N–H and O–H groups in total. The van der Waals surface area contributed by atoms with Crippen molar-refractivity contribution in [3.05, 3.63) is 99.5 Å². The van der Waals surface area contributed by atoms with E-state index in [0.717, 1.165) is 67.8 Å². The Hall–Kier alpha value is -2.85. The number of benzene rings is 3. The van der Waals surface area contributed by atoms with E-state index in [9.17, 15) is 9.59 Å². The van der Waals surface area contributed by atoms with Crippen molar-refractivity contribution in [3.8, 4) is 5.75 Å². The van der Waals surface area contributed by atoms with Crippen LogP contribution >= 0.6 is 35.6 Å². The Morgan fingerprint density at radius 3 is 2.29 bits per heavy atom. The molecule has 2 aliphatic heterocycles. The van der Waals surface area contributed by atoms with Crippen molar-refractivity contribution < 1.29 is 24.5 Å². The Labute approximate surface area is 300 Å². The van der Waals surface area contributed by atoms with Crippen LogP contribution in [0.25, 0.3) is 0 Å². The molecule has 48 heavy (non-hydrogen) atoms. The third-order valence-corrected chi connectivity index (χ3v) is 9.86. The first-order valence-electron chi connectivity index (χ1n) is 16.3. The lowest BCUT2D eigenvalue weighted by Crippen LogP contribution is -2.53. The lowest BCUT2D eigenvalue weighted by molar-refractivity contribution is -0.144. The van der Waals surface area contributed by atoms with E-state index >= 15 is 0 Å². The zero-order valence-corrected chi connectivity index (χ0v) is 30.3. The molecule has 0 aromatic heterocycles. The zero-order chi connectivity index (χ0) is 32.7. The summed E-state index contributed by atoms with van der Waals surface area (Å²) in [6.07, 6.45) is 3.57. The van der Waals surface area contributed by atoms with Crippen LogP contribution in [0.15, 0.2) is 72.8 Å². The molecule has 0 radical (unpaired) electrons. The molecule has 1 atom stereocenters. The fourth-order valence-corrected chi connectivity index (χ4v) is 7.14. The topological polar surface area (TPSA) is 103 Å². The summed E-state index contributed by atoms with van der Waals surface area (Å²) < 4.78 is 12.7. The first kappa shape index (κ1) is 39.6. The SMILES string of the molecule is CC(=O)NC1(c2ccccc2)CCN(CCOC2(c3ccc(Cl)c(Cl)c3)CCCN(C(=O)Cc3cccc(OC(C)C)c3)C2)CC1.Cl.O. The maximum atomic E-state index is 13.7. The summed E-state index contributed by atoms with van der Waals surface area (Å²) in [5.74, 6) is 0.807. The normalized spacial score (nSPS) is 19.2. The van der Waals surface area contributed by atoms with Crippen molar-refractivity contribution in [2.45, 2.75) is 70.1 Å². The number of nitrogens with one attached hydrogen (secondary N) is 1. The molecule has 0 bridgehead atoms. The van der Waals surface area contributed by atoms with Gasteiger partial charge in [-0.2, -0.15) is 0 Å². The van der Waals surface area contributed by atoms with Gasteiger partial charge < -0.3 is 30.1 Å². The highest BCUT2D eigenvalue weighted by molar-refractivity contribution is 6.42. The molecule has 3 aromatic rings. The van der Waals surface area contributed by atoms with Crippen molar-refractivity contribution in [1.82, 2.24) is 15.1 Å². The molecule has 2 saturated heterocycles. The monoisotopic (exact) mass is 719 g/mol. The zero-order valence-electron chi connectivity index (χ0n) is 28.0. The van der Waals surface area contributed by atoms with Gasteiger partial charge >= 0.3 is 0 Å². The van der Waals surface area contributed by atoms with Crippen LogP contribution in [0.1, 0.15) is 63.1 Å². The van der Waals surface area contributed by atoms with Crippen LogP contribution in [0.5, 0.6) is 5.75 Å². The number of halogens is 3. The number of carbonyl (C=O) groups excluding carboxylic acids is 2. The number of nitrogens with zero attached hydrogens (tertiary/aromatic N) is 2. The van der Waals surface area contributed by atoms with Gasteiger partial charge in [-0.25, -0.2) is 0 Å². The van der Waals surface area contributed by atoms with Gasteiger partial charge in [0.15, 0.2) is 0 Å². The highest BCUT2D eigenvalue weighted by Gasteiger charge is 2.41. The van der Waals surface area contributed by atoms with Gasteiger partial charge in [-0.15, -0.1) is 12.4 Å². The molecule has 3 aromatic carbocycles. The van der Waals surface area contributed by atoms with Gasteiger partial charge in [-0.05, 0) is 80.5 Å². The summed E-state index contributed by atoms with van der Waals surface area (Å²) in [5, 5.41) is 4.22. The second-order valence-corrected chi connectivity index (χ2v) is 13.7. The smallest absolute Gasteiger partial charge is 0.227 e. The summed E-state index contributed by atoms with van der Waals surface area (Å²) in [5.41, 5.74) is 1.93. The molecule has 8 nitrogen and oxygen atoms in total. The maximum Gasteiger partial charge on any atom is 0.227 e. The average molecular weight is 721 g/mol. The van der Waals surface area contributed by atoms with E-state index in [2.05, 4.69) is 22.3 Å². The minimum absolute atomic E-state index is 0. The molecule has 2 fully saturated rings. The quantitative estimate of drug-likeness (QED) is 0.241. The van der Waals surface area contributed by atoms with Crippen molar-refractivity contribution in [2.75, 3.05) is 39.3 Å². The number of piperidine rings is 2. The van der Waals surface area contributed by atoms with Gasteiger partial charge in [0.1, 0.15) is 11.4 Å². The van der Waals surface area contributed by atoms with Gasteiger partial charge in [0.2, 0.25) is 11.8 Å². The van der Waals surface area contributed by atoms with Gasteiger partial charge in [-0.3, -0.25) is 9.59 Å². The Morgan fingerprint density at radius 1 is 0.896 bits per heavy atom. The molecule has 0 aliphatic carbocycles. The molecule has 2 amide bonds. The van der Waals surface area contributed by atoms with Crippen molar-refractivity contribution in [2.24, 2.45) is 0 Å². The molecule has 1 unspecified atom stereocenters. The van der Waals surface area contributed by atoms with Gasteiger partial charge in [0.05, 0.1) is 41.3 Å². The van der Waals surface area contributed by atoms with E-state index in [1.165, 1.54) is 0 Å². The van der Waals surface area contributed by atoms with E-state index < -0.39 is 5.60 Å². The molecular weight excluding hydrogens is 673 g/mol. The van der Waals surface area contributed by atoms with Gasteiger partial charge in [-0.1, -0.05) is 71.7 Å². The Bertz CT molecular complexity index is 1500. The summed E-state index contributed by atoms with van der Waals surface area (Å²) in [4.78, 5) is 30.1. The highest BCUT2D eigenvalue weighted by Crippen LogP contribution is 2.39. The van der Waals surface area contributed by atoms with Crippen LogP contribution in [0.4, 0.5) is 0 Å². The first-order valence-corrected chi connectivity index (χ1v) is 17.0. The van der Waals surface area contributed by atoms with Crippen LogP contribution in [0.3, 0.4) is 0 Å². The van der Waals surface area contributed by atoms with Gasteiger partial charge in [0.25, 0.3) is 0 Å². The predicted octanol–water partition coefficient (Wildman–Crippen LogP) is 6.58. The van der Waals surface area contributed by atoms with Crippen LogP contribution in [-0.4, -0.2) is 72.5 Å². The molecule has 0 saturated carbocycles. The van der Waals surface area contributed by atoms with E-state index in [1.807, 2.05) is 73.3 Å². The Kier molecular flexibility index (Phi) is 14.6. The number of hydrogen-bond donors (Lipinski definition) is 1. The second kappa shape index (κ2) is 17.7. The molecular formula is C37H48Cl3N3O5. The van der Waals surface area contributed by atoms with Crippen molar-refractivity contribution in [3.63, 3.8) is 0 Å². The van der Waals surface area contributed by atoms with Gasteiger partial charge in [0, 0.05) is 33.1 Å². The molecule has 262 valence electrons. The largest absolute Gasteiger partial charge is 0.491 e. The standard InChI is InChI=1S/C37H45Cl2N3O4.ClH.H2O/c1-27(2)46-32-12-7-9-29(23-32)24-35(44)42-18-8-15-37(26-42,31-13-14-33(38)34(39)25-31)45-22-21-41-19-16-36(17-20-41,40-28(3)43)30-10-5-4-6-11-30;;/h4-7,9-14,23,25,27H,8,15-22,24,26H2,1-3H3,(H,40,43);1H;1H2. The summed E-state index contributed by atoms with van der Waals surface area (Å²) in [6.45, 7) is 9.58. The van der Waals surface area contributed by atoms with E-state index in [4.69, 9.17) is 32.7 Å². The summed E-state index contributed by atoms with van der Waals surface area (Å²) in [7, 11) is 0. The van der Waals surface area contributed by atoms with Crippen LogP contribution < -0.4 is 10.1 Å². The summed E-state index contributed by atoms with van der Waals surface area (Å²) >= 11 is 12.8. The molecule has 2 aliphatic rings. The minimum Gasteiger partial charge on any atom is -0.491 e. The maximum absolute atomic E-state index is 13.7. The molecule has 2 heterocycles. The highest BCUT2D eigenvalue weighted by atomic mass is 35.5. The van der Waals surface area contributed by atoms with E-state index in [1.54, 1.807) is 13.0 Å². The Balaban J connectivity index is 0.00000312. The Morgan fingerprint density at radius 2 is 1.62 bits per heavy atom. The number of carbonyl (C=O) groups is 2. The van der Waals surface area contributed by atoms with Crippen LogP contribution in [-0.2, 0) is 31.9 Å². The van der Waals surface area contributed by atoms with Crippen molar-refractivity contribution >= 4 is 47.4 Å². The lowest BCUT2D eigenvalue weighted by atomic mass is 9.80. The average Bonchev–Trinajstić information content (AvgIpc) is 3.03. The van der Waals surface area contributed by atoms with E-state index in [0.29, 0.717) is 29.7 Å². The summed E-state index contributed by atoms with van der Waals surface area (Å²) in [6, 6.07) is 23.7. The van der Waals surface area contributed by atoms with Crippen LogP contribution in [0, 0.1) is 0 Å². The third-order valence-electron chi connectivity index (χ3n) is 9.12. The third kappa shape index (κ3) is 9.87. The predicted molar refractivity (Wildman–Crippen MR) is 194 cm³/mol. The number of ether oxygens (including phenoxy) is 2. The number of likely N-dealkylation sites (tertiary alicyclic amines) is 2. The fourth-order valence-electron chi connectivity index (χ4n) is 6.85. The first-order chi connectivity index (χ1) is 22.1. The van der Waals surface area contributed by atoms with Crippen LogP contribution in [0.2, 0.25) is 10.0 Å². The molecule has 5 rings (SSSR count). The lowest BCUT2D eigenvalue weighted by Gasteiger charge is -2.45. The van der Waals surface area contributed by atoms with Crippen molar-refractivity contribution in [1.29, 1.82) is 0 Å². The fraction of sp³-hybridized carbons (Fsp3) is 0.459. The number of rotatable bonds is 11. The second-order valence-electron chi connectivity index (χ2n) is 12.9. The minimum atomic E-state index is -0.704. The molecule has 11 heteroatoms. The number of hydrogen-bond acceptors (Lipinski definition) is 5.